The Hall–Kier alpha value is -7.62. The van der Waals surface area contributed by atoms with Crippen LogP contribution in [-0.4, -0.2) is 5.11 Å². The van der Waals surface area contributed by atoms with E-state index in [4.69, 9.17) is 4.42 Å². The highest BCUT2D eigenvalue weighted by atomic mass is 16.3. The smallest absolute Gasteiger partial charge is 0.139 e. The minimum Gasteiger partial charge on any atom is -0.507 e. The second-order valence-corrected chi connectivity index (χ2v) is 14.5. The molecule has 0 amide bonds. The van der Waals surface area contributed by atoms with E-state index in [0.29, 0.717) is 5.58 Å². The maximum absolute atomic E-state index is 11.4. The highest BCUT2D eigenvalue weighted by molar-refractivity contribution is 6.08. The molecule has 0 radical (unpaired) electrons. The maximum atomic E-state index is 11.4. The molecule has 0 unspecified atom stereocenters. The lowest BCUT2D eigenvalue weighted by atomic mass is 9.94. The summed E-state index contributed by atoms with van der Waals surface area (Å²) in [6, 6.07) is 64.8. The fourth-order valence-electron chi connectivity index (χ4n) is 7.75. The predicted octanol–water partition coefficient (Wildman–Crippen LogP) is 15.4. The zero-order chi connectivity index (χ0) is 39.4. The second-order valence-electron chi connectivity index (χ2n) is 14.5. The van der Waals surface area contributed by atoms with Gasteiger partial charge in [0.2, 0.25) is 0 Å². The lowest BCUT2D eigenvalue weighted by Crippen LogP contribution is -1.95. The molecule has 0 aliphatic heterocycles. The normalized spacial score (nSPS) is 11.9. The van der Waals surface area contributed by atoms with Gasteiger partial charge < -0.3 is 14.8 Å². The first-order valence-corrected chi connectivity index (χ1v) is 19.5. The fraction of sp³-hybridized carbons (Fsp3) is 0.0182. The van der Waals surface area contributed by atoms with Crippen molar-refractivity contribution < 1.29 is 9.52 Å². The molecule has 1 aromatic heterocycles. The minimum atomic E-state index is 0.163. The molecule has 278 valence electrons. The third kappa shape index (κ3) is 7.37. The van der Waals surface area contributed by atoms with E-state index >= 15 is 0 Å². The maximum Gasteiger partial charge on any atom is 0.139 e. The number of aromatic hydroxyl groups is 1. The van der Waals surface area contributed by atoms with Crippen LogP contribution >= 0.6 is 0 Å². The first-order valence-electron chi connectivity index (χ1n) is 19.5. The summed E-state index contributed by atoms with van der Waals surface area (Å²) in [5.41, 5.74) is 16.3. The summed E-state index contributed by atoms with van der Waals surface area (Å²) in [6.07, 6.45) is 6.03. The van der Waals surface area contributed by atoms with Crippen LogP contribution in [0.15, 0.2) is 217 Å². The number of fused-ring (bicyclic) bond motifs is 3. The van der Waals surface area contributed by atoms with Crippen molar-refractivity contribution in [2.45, 2.75) is 6.92 Å². The molecule has 9 rings (SSSR count). The average molecular weight is 748 g/mol. The summed E-state index contributed by atoms with van der Waals surface area (Å²) < 4.78 is 6.30. The predicted molar refractivity (Wildman–Crippen MR) is 245 cm³/mol. The molecule has 9 aromatic rings. The molecule has 0 saturated heterocycles. The Bertz CT molecular complexity index is 3010. The van der Waals surface area contributed by atoms with Gasteiger partial charge in [0.05, 0.1) is 0 Å². The summed E-state index contributed by atoms with van der Waals surface area (Å²) in [4.78, 5) is 0. The molecule has 58 heavy (non-hydrogen) atoms. The number of phenols is 1. The van der Waals surface area contributed by atoms with Gasteiger partial charge in [-0.15, -0.1) is 0 Å². The largest absolute Gasteiger partial charge is 0.507 e. The molecule has 8 aromatic carbocycles. The zero-order valence-corrected chi connectivity index (χ0v) is 32.2. The standard InChI is InChI=1S/C55H41NO2/c1-3-15-39(30-37(2)48-26-10-11-27-52(48)56-47-24-8-5-9-25-47)44-22-14-23-46(33-44)49-35-51-50-34-45(28-29-54(50)58-55(51)36-53(49)57)43-21-13-20-42(32-43)41-19-12-18-40(31-41)38-16-6-4-7-17-38/h3-36,56-57H,1H2,2H3/b37-30+,39-15+. The van der Waals surface area contributed by atoms with Crippen molar-refractivity contribution >= 4 is 44.5 Å². The van der Waals surface area contributed by atoms with Gasteiger partial charge in [-0.1, -0.05) is 152 Å². The summed E-state index contributed by atoms with van der Waals surface area (Å²) in [7, 11) is 0. The topological polar surface area (TPSA) is 45.4 Å². The molecule has 0 bridgehead atoms. The lowest BCUT2D eigenvalue weighted by molar-refractivity contribution is 0.477. The highest BCUT2D eigenvalue weighted by Crippen LogP contribution is 2.41. The molecular formula is C55H41NO2. The number of hydrogen-bond donors (Lipinski definition) is 2. The SMILES string of the molecule is C=C/C=C(\C=C(/C)c1ccccc1Nc1ccccc1)c1cccc(-c2cc3c(cc2O)oc2ccc(-c4cccc(-c5cccc(-c6ccccc6)c5)c4)cc23)c1. The van der Waals surface area contributed by atoms with Crippen molar-refractivity contribution in [3.63, 3.8) is 0 Å². The number of benzene rings is 8. The summed E-state index contributed by atoms with van der Waals surface area (Å²) in [5.74, 6) is 0.163. The van der Waals surface area contributed by atoms with Gasteiger partial charge in [0.25, 0.3) is 0 Å². The molecule has 1 heterocycles. The number of rotatable bonds is 10. The Labute approximate surface area is 339 Å². The van der Waals surface area contributed by atoms with Crippen LogP contribution in [0.5, 0.6) is 5.75 Å². The third-order valence-electron chi connectivity index (χ3n) is 10.7. The van der Waals surface area contributed by atoms with Gasteiger partial charge in [-0.05, 0) is 117 Å². The van der Waals surface area contributed by atoms with Gasteiger partial charge in [-0.25, -0.2) is 0 Å². The van der Waals surface area contributed by atoms with E-state index in [2.05, 4.69) is 152 Å². The molecule has 0 aliphatic carbocycles. The van der Waals surface area contributed by atoms with Crippen LogP contribution in [0.25, 0.3) is 77.6 Å². The number of nitrogens with one attached hydrogen (secondary N) is 1. The molecule has 0 aliphatic rings. The molecule has 3 heteroatoms. The van der Waals surface area contributed by atoms with E-state index in [0.717, 1.165) is 77.8 Å². The van der Waals surface area contributed by atoms with Gasteiger partial charge in [-0.3, -0.25) is 0 Å². The number of furan rings is 1. The van der Waals surface area contributed by atoms with Crippen molar-refractivity contribution in [3.05, 3.63) is 224 Å². The van der Waals surface area contributed by atoms with E-state index in [1.807, 2.05) is 66.7 Å². The van der Waals surface area contributed by atoms with Crippen LogP contribution in [0, 0.1) is 0 Å². The van der Waals surface area contributed by atoms with Crippen molar-refractivity contribution in [2.75, 3.05) is 5.32 Å². The zero-order valence-electron chi connectivity index (χ0n) is 32.2. The Morgan fingerprint density at radius 2 is 1.12 bits per heavy atom. The van der Waals surface area contributed by atoms with Crippen molar-refractivity contribution in [3.8, 4) is 50.3 Å². The first kappa shape index (κ1) is 36.0. The summed E-state index contributed by atoms with van der Waals surface area (Å²) in [5, 5.41) is 16.9. The first-order chi connectivity index (χ1) is 28.5. The van der Waals surface area contributed by atoms with Crippen LogP contribution < -0.4 is 5.32 Å². The molecule has 2 N–H and O–H groups in total. The minimum absolute atomic E-state index is 0.163. The van der Waals surface area contributed by atoms with Crippen molar-refractivity contribution in [2.24, 2.45) is 0 Å². The summed E-state index contributed by atoms with van der Waals surface area (Å²) in [6.45, 7) is 6.16. The molecule has 0 fully saturated rings. The number of phenolic OH excluding ortho intramolecular Hbond substituents is 1. The summed E-state index contributed by atoms with van der Waals surface area (Å²) >= 11 is 0. The second kappa shape index (κ2) is 15.9. The number of para-hydroxylation sites is 2. The van der Waals surface area contributed by atoms with Gasteiger partial charge in [0.1, 0.15) is 16.9 Å². The monoisotopic (exact) mass is 747 g/mol. The van der Waals surface area contributed by atoms with Crippen LogP contribution in [0.4, 0.5) is 11.4 Å². The van der Waals surface area contributed by atoms with Gasteiger partial charge in [0.15, 0.2) is 0 Å². The third-order valence-corrected chi connectivity index (χ3v) is 10.7. The van der Waals surface area contributed by atoms with Crippen LogP contribution in [0.3, 0.4) is 0 Å². The molecule has 0 atom stereocenters. The van der Waals surface area contributed by atoms with Crippen LogP contribution in [0.1, 0.15) is 18.1 Å². The van der Waals surface area contributed by atoms with Crippen molar-refractivity contribution in [1.29, 1.82) is 0 Å². The van der Waals surface area contributed by atoms with Crippen LogP contribution in [-0.2, 0) is 0 Å². The Morgan fingerprint density at radius 3 is 1.84 bits per heavy atom. The fourth-order valence-corrected chi connectivity index (χ4v) is 7.75. The molecule has 0 spiro atoms. The van der Waals surface area contributed by atoms with Crippen LogP contribution in [0.2, 0.25) is 0 Å². The lowest BCUT2D eigenvalue weighted by Gasteiger charge is -2.14. The van der Waals surface area contributed by atoms with E-state index < -0.39 is 0 Å². The van der Waals surface area contributed by atoms with Gasteiger partial charge in [-0.2, -0.15) is 0 Å². The van der Waals surface area contributed by atoms with E-state index in [-0.39, 0.29) is 5.75 Å². The van der Waals surface area contributed by atoms with E-state index in [1.165, 1.54) is 16.7 Å². The van der Waals surface area contributed by atoms with E-state index in [9.17, 15) is 5.11 Å². The number of anilines is 2. The average Bonchev–Trinajstić information content (AvgIpc) is 3.63. The highest BCUT2D eigenvalue weighted by Gasteiger charge is 2.15. The molecule has 0 saturated carbocycles. The van der Waals surface area contributed by atoms with Gasteiger partial charge in [0, 0.05) is 39.3 Å². The van der Waals surface area contributed by atoms with Gasteiger partial charge >= 0.3 is 0 Å². The quantitative estimate of drug-likeness (QED) is 0.137. The molecular weight excluding hydrogens is 707 g/mol. The Balaban J connectivity index is 1.05. The molecule has 3 nitrogen and oxygen atoms in total. The van der Waals surface area contributed by atoms with E-state index in [1.54, 1.807) is 6.07 Å². The number of hydrogen-bond acceptors (Lipinski definition) is 3. The Morgan fingerprint density at radius 1 is 0.534 bits per heavy atom. The number of allylic oxidation sites excluding steroid dienone is 5. The Kier molecular flexibility index (Phi) is 9.85. The van der Waals surface area contributed by atoms with Crippen molar-refractivity contribution in [1.82, 2.24) is 0 Å².